The number of nitriles is 1. The van der Waals surface area contributed by atoms with E-state index in [4.69, 9.17) is 23.2 Å². The van der Waals surface area contributed by atoms with Crippen LogP contribution in [0.25, 0.3) is 17.1 Å². The van der Waals surface area contributed by atoms with Crippen LogP contribution in [0, 0.1) is 21.4 Å². The molecule has 0 fully saturated rings. The van der Waals surface area contributed by atoms with Gasteiger partial charge in [0.15, 0.2) is 0 Å². The smallest absolute Gasteiger partial charge is 0.319 e. The number of aryl methyl sites for hydroxylation is 2. The van der Waals surface area contributed by atoms with E-state index in [2.05, 4.69) is 5.32 Å². The molecular formula is C19H13Cl2N5O4. The molecule has 0 aliphatic carbocycles. The van der Waals surface area contributed by atoms with E-state index in [0.717, 1.165) is 12.1 Å². The minimum atomic E-state index is -0.794. The zero-order valence-corrected chi connectivity index (χ0v) is 17.2. The van der Waals surface area contributed by atoms with Gasteiger partial charge in [-0.1, -0.05) is 29.3 Å². The Morgan fingerprint density at radius 1 is 1.17 bits per heavy atom. The molecule has 2 aromatic carbocycles. The van der Waals surface area contributed by atoms with Crippen molar-refractivity contribution in [2.24, 2.45) is 14.1 Å². The summed E-state index contributed by atoms with van der Waals surface area (Å²) >= 11 is 12.0. The number of non-ortho nitro benzene ring substituents is 1. The number of hydrogen-bond donors (Lipinski definition) is 1. The molecule has 0 atom stereocenters. The minimum Gasteiger partial charge on any atom is -0.319 e. The Morgan fingerprint density at radius 3 is 2.33 bits per heavy atom. The van der Waals surface area contributed by atoms with Gasteiger partial charge in [0.2, 0.25) is 0 Å². The Morgan fingerprint density at radius 2 is 1.77 bits per heavy atom. The first-order valence-electron chi connectivity index (χ1n) is 8.36. The summed E-state index contributed by atoms with van der Waals surface area (Å²) in [6, 6.07) is 8.93. The fraction of sp³-hybridized carbons (Fsp3) is 0.105. The van der Waals surface area contributed by atoms with Crippen LogP contribution in [0.4, 0.5) is 11.4 Å². The first kappa shape index (κ1) is 21.1. The lowest BCUT2D eigenvalue weighted by Gasteiger charge is -2.09. The molecule has 0 saturated carbocycles. The summed E-state index contributed by atoms with van der Waals surface area (Å²) in [7, 11) is 3.26. The van der Waals surface area contributed by atoms with Gasteiger partial charge >= 0.3 is 5.69 Å². The maximum Gasteiger partial charge on any atom is 0.328 e. The highest BCUT2D eigenvalue weighted by Gasteiger charge is 2.18. The quantitative estimate of drug-likeness (QED) is 0.284. The Bertz CT molecular complexity index is 1320. The highest BCUT2D eigenvalue weighted by atomic mass is 35.5. The maximum atomic E-state index is 12.5. The predicted octanol–water partition coefficient (Wildman–Crippen LogP) is 3.64. The van der Waals surface area contributed by atoms with Crippen molar-refractivity contribution in [3.8, 4) is 6.07 Å². The van der Waals surface area contributed by atoms with E-state index in [1.165, 1.54) is 15.2 Å². The lowest BCUT2D eigenvalue weighted by molar-refractivity contribution is -0.384. The van der Waals surface area contributed by atoms with Crippen molar-refractivity contribution >= 4 is 57.6 Å². The molecule has 0 saturated heterocycles. The number of hydrogen-bond acceptors (Lipinski definition) is 5. The summed E-state index contributed by atoms with van der Waals surface area (Å²) in [5, 5.41) is 22.4. The molecule has 11 heteroatoms. The number of rotatable bonds is 4. The Hall–Kier alpha value is -3.61. The molecule has 152 valence electrons. The maximum absolute atomic E-state index is 12.5. The van der Waals surface area contributed by atoms with Gasteiger partial charge in [0, 0.05) is 26.2 Å². The summed E-state index contributed by atoms with van der Waals surface area (Å²) in [4.78, 5) is 34.8. The van der Waals surface area contributed by atoms with Gasteiger partial charge in [0.05, 0.1) is 31.7 Å². The van der Waals surface area contributed by atoms with Crippen LogP contribution in [0.3, 0.4) is 0 Å². The molecule has 0 aliphatic rings. The van der Waals surface area contributed by atoms with Crippen LogP contribution in [-0.4, -0.2) is 20.0 Å². The molecular weight excluding hydrogens is 433 g/mol. The largest absolute Gasteiger partial charge is 0.328 e. The zero-order chi connectivity index (χ0) is 22.2. The van der Waals surface area contributed by atoms with Crippen LogP contribution in [0.1, 0.15) is 5.56 Å². The Labute approximate surface area is 179 Å². The summed E-state index contributed by atoms with van der Waals surface area (Å²) in [5.74, 6) is -0.794. The molecule has 0 aliphatic heterocycles. The van der Waals surface area contributed by atoms with Gasteiger partial charge in [-0.3, -0.25) is 24.0 Å². The van der Waals surface area contributed by atoms with Crippen molar-refractivity contribution in [3.05, 3.63) is 72.1 Å². The van der Waals surface area contributed by atoms with Crippen molar-refractivity contribution in [2.45, 2.75) is 0 Å². The fourth-order valence-electron chi connectivity index (χ4n) is 2.89. The van der Waals surface area contributed by atoms with Crippen LogP contribution < -0.4 is 11.0 Å². The normalized spacial score (nSPS) is 11.4. The lowest BCUT2D eigenvalue weighted by atomic mass is 10.1. The average Bonchev–Trinajstić information content (AvgIpc) is 2.92. The summed E-state index contributed by atoms with van der Waals surface area (Å²) < 4.78 is 2.94. The van der Waals surface area contributed by atoms with Crippen molar-refractivity contribution < 1.29 is 9.72 Å². The Kier molecular flexibility index (Phi) is 5.64. The first-order chi connectivity index (χ1) is 14.1. The average molecular weight is 446 g/mol. The van der Waals surface area contributed by atoms with E-state index < -0.39 is 10.8 Å². The van der Waals surface area contributed by atoms with Gasteiger partial charge in [-0.15, -0.1) is 0 Å². The van der Waals surface area contributed by atoms with Crippen molar-refractivity contribution in [2.75, 3.05) is 5.32 Å². The van der Waals surface area contributed by atoms with Gasteiger partial charge in [-0.25, -0.2) is 4.79 Å². The monoisotopic (exact) mass is 445 g/mol. The SMILES string of the molecule is Cn1c(=O)n(C)c2cc(/C=C(\C#N)C(=O)Nc3c(Cl)cc([N+](=O)[O-])cc3Cl)ccc21. The molecule has 30 heavy (non-hydrogen) atoms. The molecule has 9 nitrogen and oxygen atoms in total. The number of nitro groups is 1. The molecule has 3 aromatic rings. The van der Waals surface area contributed by atoms with E-state index in [9.17, 15) is 25.0 Å². The second kappa shape index (κ2) is 8.02. The molecule has 0 unspecified atom stereocenters. The second-order valence-corrected chi connectivity index (χ2v) is 7.13. The second-order valence-electron chi connectivity index (χ2n) is 6.31. The number of imidazole rings is 1. The molecule has 3 rings (SSSR count). The van der Waals surface area contributed by atoms with Gasteiger partial charge in [-0.05, 0) is 23.8 Å². The number of anilines is 1. The molecule has 1 amide bonds. The number of nitrogens with zero attached hydrogens (tertiary/aromatic N) is 4. The number of aromatic nitrogens is 2. The van der Waals surface area contributed by atoms with Gasteiger partial charge in [-0.2, -0.15) is 5.26 Å². The van der Waals surface area contributed by atoms with E-state index >= 15 is 0 Å². The van der Waals surface area contributed by atoms with E-state index in [1.807, 2.05) is 0 Å². The standard InChI is InChI=1S/C19H13Cl2N5O4/c1-24-15-4-3-10(6-16(15)25(2)19(24)28)5-11(9-22)18(27)23-17-13(20)7-12(26(29)30)8-14(17)21/h3-8H,1-2H3,(H,23,27)/b11-5+. The first-order valence-corrected chi connectivity index (χ1v) is 9.11. The number of carbonyl (C=O) groups excluding carboxylic acids is 1. The van der Waals surface area contributed by atoms with Crippen LogP contribution in [-0.2, 0) is 18.9 Å². The zero-order valence-electron chi connectivity index (χ0n) is 15.6. The topological polar surface area (TPSA) is 123 Å². The molecule has 0 spiro atoms. The van der Waals surface area contributed by atoms with Gasteiger partial charge in [0.1, 0.15) is 11.6 Å². The van der Waals surface area contributed by atoms with Crippen LogP contribution >= 0.6 is 23.2 Å². The summed E-state index contributed by atoms with van der Waals surface area (Å²) in [5.41, 5.74) is 1.03. The molecule has 0 radical (unpaired) electrons. The number of carbonyl (C=O) groups is 1. The molecule has 1 N–H and O–H groups in total. The number of nitrogens with one attached hydrogen (secondary N) is 1. The Balaban J connectivity index is 1.96. The van der Waals surface area contributed by atoms with Crippen LogP contribution in [0.5, 0.6) is 0 Å². The predicted molar refractivity (Wildman–Crippen MR) is 113 cm³/mol. The van der Waals surface area contributed by atoms with Crippen molar-refractivity contribution in [1.29, 1.82) is 5.26 Å². The third-order valence-corrected chi connectivity index (χ3v) is 5.04. The number of nitro benzene ring substituents is 1. The van der Waals surface area contributed by atoms with Crippen molar-refractivity contribution in [1.82, 2.24) is 9.13 Å². The van der Waals surface area contributed by atoms with Gasteiger partial charge < -0.3 is 5.32 Å². The van der Waals surface area contributed by atoms with Gasteiger partial charge in [0.25, 0.3) is 11.6 Å². The van der Waals surface area contributed by atoms with Crippen LogP contribution in [0.2, 0.25) is 10.0 Å². The van der Waals surface area contributed by atoms with Crippen LogP contribution in [0.15, 0.2) is 40.7 Å². The molecule has 1 heterocycles. The number of halogens is 2. The van der Waals surface area contributed by atoms with E-state index in [0.29, 0.717) is 16.6 Å². The molecule has 0 bridgehead atoms. The fourth-order valence-corrected chi connectivity index (χ4v) is 3.46. The van der Waals surface area contributed by atoms with E-state index in [-0.39, 0.29) is 32.7 Å². The lowest BCUT2D eigenvalue weighted by Crippen LogP contribution is -2.19. The highest BCUT2D eigenvalue weighted by molar-refractivity contribution is 6.40. The number of amides is 1. The number of fused-ring (bicyclic) bond motifs is 1. The highest BCUT2D eigenvalue weighted by Crippen LogP contribution is 2.35. The molecule has 1 aromatic heterocycles. The summed E-state index contributed by atoms with van der Waals surface area (Å²) in [6.07, 6.45) is 1.35. The van der Waals surface area contributed by atoms with E-state index in [1.54, 1.807) is 38.4 Å². The third-order valence-electron chi connectivity index (χ3n) is 4.45. The number of benzene rings is 2. The summed E-state index contributed by atoms with van der Waals surface area (Å²) in [6.45, 7) is 0. The van der Waals surface area contributed by atoms with Crippen molar-refractivity contribution in [3.63, 3.8) is 0 Å². The minimum absolute atomic E-state index is 0.0454. The third kappa shape index (κ3) is 3.78.